The topological polar surface area (TPSA) is 54.9 Å². The number of amides is 1. The van der Waals surface area contributed by atoms with E-state index in [-0.39, 0.29) is 5.69 Å². The Hall–Kier alpha value is -3.22. The summed E-state index contributed by atoms with van der Waals surface area (Å²) in [7, 11) is 0. The normalized spacial score (nSPS) is 11.2. The molecule has 3 rings (SSSR count). The highest BCUT2D eigenvalue weighted by molar-refractivity contribution is 6.04. The summed E-state index contributed by atoms with van der Waals surface area (Å²) in [6, 6.07) is 12.9. The van der Waals surface area contributed by atoms with Gasteiger partial charge in [0.15, 0.2) is 0 Å². The van der Waals surface area contributed by atoms with Crippen molar-refractivity contribution in [2.45, 2.75) is 6.18 Å². The number of rotatable bonds is 3. The molecule has 0 aliphatic heterocycles. The maximum absolute atomic E-state index is 12.5. The fourth-order valence-corrected chi connectivity index (χ4v) is 2.14. The Morgan fingerprint density at radius 2 is 1.60 bits per heavy atom. The van der Waals surface area contributed by atoms with Gasteiger partial charge >= 0.3 is 6.18 Å². The number of hydrogen-bond donors (Lipinski definition) is 1. The van der Waals surface area contributed by atoms with E-state index in [9.17, 15) is 18.0 Å². The predicted octanol–water partition coefficient (Wildman–Crippen LogP) is 4.41. The average Bonchev–Trinajstić information content (AvgIpc) is 2.62. The number of hydrogen-bond acceptors (Lipinski definition) is 3. The highest BCUT2D eigenvalue weighted by Crippen LogP contribution is 2.29. The Labute approximate surface area is 141 Å². The van der Waals surface area contributed by atoms with Crippen LogP contribution < -0.4 is 5.32 Å². The van der Waals surface area contributed by atoms with Gasteiger partial charge in [-0.05, 0) is 48.5 Å². The number of carbonyl (C=O) groups excluding carboxylic acids is 1. The lowest BCUT2D eigenvalue weighted by Crippen LogP contribution is -2.12. The summed E-state index contributed by atoms with van der Waals surface area (Å²) in [6.45, 7) is 0. The van der Waals surface area contributed by atoms with Crippen LogP contribution in [0.3, 0.4) is 0 Å². The van der Waals surface area contributed by atoms with E-state index in [1.54, 1.807) is 30.5 Å². The van der Waals surface area contributed by atoms with Gasteiger partial charge in [0.1, 0.15) is 0 Å². The van der Waals surface area contributed by atoms with Crippen LogP contribution in [0.25, 0.3) is 11.4 Å². The Morgan fingerprint density at radius 1 is 0.880 bits per heavy atom. The molecule has 126 valence electrons. The molecule has 0 fully saturated rings. The highest BCUT2D eigenvalue weighted by Gasteiger charge is 2.29. The van der Waals surface area contributed by atoms with Crippen LogP contribution in [-0.2, 0) is 6.18 Å². The van der Waals surface area contributed by atoms with Gasteiger partial charge in [-0.3, -0.25) is 14.8 Å². The molecule has 7 heteroatoms. The van der Waals surface area contributed by atoms with Crippen molar-refractivity contribution in [1.29, 1.82) is 0 Å². The highest BCUT2D eigenvalue weighted by atomic mass is 19.4. The first-order chi connectivity index (χ1) is 11.9. The van der Waals surface area contributed by atoms with Gasteiger partial charge in [-0.2, -0.15) is 13.2 Å². The van der Waals surface area contributed by atoms with Gasteiger partial charge in [-0.15, -0.1) is 0 Å². The molecule has 0 bridgehead atoms. The molecule has 0 saturated heterocycles. The Morgan fingerprint density at radius 3 is 2.16 bits per heavy atom. The van der Waals surface area contributed by atoms with E-state index in [0.717, 1.165) is 12.1 Å². The lowest BCUT2D eigenvalue weighted by molar-refractivity contribution is -0.137. The summed E-state index contributed by atoms with van der Waals surface area (Å²) in [6.07, 6.45) is -1.38. The molecule has 1 aromatic carbocycles. The van der Waals surface area contributed by atoms with Crippen LogP contribution in [0.4, 0.5) is 18.9 Å². The molecule has 0 radical (unpaired) electrons. The zero-order valence-corrected chi connectivity index (χ0v) is 12.8. The first kappa shape index (κ1) is 16.6. The van der Waals surface area contributed by atoms with Crippen LogP contribution in [0.2, 0.25) is 0 Å². The fourth-order valence-electron chi connectivity index (χ4n) is 2.14. The summed E-state index contributed by atoms with van der Waals surface area (Å²) in [4.78, 5) is 20.5. The number of alkyl halides is 3. The van der Waals surface area contributed by atoms with Crippen LogP contribution in [0.15, 0.2) is 67.0 Å². The molecule has 0 saturated carbocycles. The summed E-state index contributed by atoms with van der Waals surface area (Å²) >= 11 is 0. The molecule has 0 unspecified atom stereocenters. The minimum atomic E-state index is -4.41. The second-order valence-electron chi connectivity index (χ2n) is 5.18. The molecule has 2 heterocycles. The zero-order chi connectivity index (χ0) is 17.9. The van der Waals surface area contributed by atoms with Crippen LogP contribution in [0.5, 0.6) is 0 Å². The minimum Gasteiger partial charge on any atom is -0.322 e. The average molecular weight is 343 g/mol. The van der Waals surface area contributed by atoms with E-state index < -0.39 is 17.6 Å². The first-order valence-electron chi connectivity index (χ1n) is 7.29. The predicted molar refractivity (Wildman–Crippen MR) is 86.9 cm³/mol. The first-order valence-corrected chi connectivity index (χ1v) is 7.29. The lowest BCUT2D eigenvalue weighted by atomic mass is 10.2. The molecule has 1 N–H and O–H groups in total. The second kappa shape index (κ2) is 6.72. The SMILES string of the molecule is O=C(Nc1ccc(C(F)(F)F)cc1)c1ccc(-c2ccccn2)nc1. The zero-order valence-electron chi connectivity index (χ0n) is 12.8. The third kappa shape index (κ3) is 4.00. The fraction of sp³-hybridized carbons (Fsp3) is 0.0556. The number of benzene rings is 1. The van der Waals surface area contributed by atoms with Crippen molar-refractivity contribution in [3.05, 3.63) is 78.1 Å². The van der Waals surface area contributed by atoms with Crippen molar-refractivity contribution in [1.82, 2.24) is 9.97 Å². The summed E-state index contributed by atoms with van der Waals surface area (Å²) < 4.78 is 37.6. The molecular weight excluding hydrogens is 331 g/mol. The van der Waals surface area contributed by atoms with Crippen molar-refractivity contribution in [2.75, 3.05) is 5.32 Å². The van der Waals surface area contributed by atoms with E-state index in [2.05, 4.69) is 15.3 Å². The van der Waals surface area contributed by atoms with Gasteiger partial charge in [0.25, 0.3) is 5.91 Å². The van der Waals surface area contributed by atoms with E-state index in [1.165, 1.54) is 18.3 Å². The van der Waals surface area contributed by atoms with Crippen molar-refractivity contribution in [2.24, 2.45) is 0 Å². The van der Waals surface area contributed by atoms with Crippen LogP contribution in [0, 0.1) is 0 Å². The number of aromatic nitrogens is 2. The molecule has 0 aliphatic rings. The van der Waals surface area contributed by atoms with Crippen molar-refractivity contribution in [3.8, 4) is 11.4 Å². The van der Waals surface area contributed by atoms with Crippen molar-refractivity contribution < 1.29 is 18.0 Å². The number of nitrogens with zero attached hydrogens (tertiary/aromatic N) is 2. The van der Waals surface area contributed by atoms with Gasteiger partial charge in [0.05, 0.1) is 22.5 Å². The number of carbonyl (C=O) groups is 1. The molecule has 4 nitrogen and oxygen atoms in total. The Kier molecular flexibility index (Phi) is 4.47. The van der Waals surface area contributed by atoms with Gasteiger partial charge < -0.3 is 5.32 Å². The number of anilines is 1. The number of halogens is 3. The van der Waals surface area contributed by atoms with E-state index in [4.69, 9.17) is 0 Å². The molecule has 0 atom stereocenters. The third-order valence-electron chi connectivity index (χ3n) is 3.42. The molecule has 25 heavy (non-hydrogen) atoms. The maximum Gasteiger partial charge on any atom is 0.416 e. The van der Waals surface area contributed by atoms with Gasteiger partial charge in [-0.25, -0.2) is 0 Å². The molecule has 1 amide bonds. The number of nitrogens with one attached hydrogen (secondary N) is 1. The standard InChI is InChI=1S/C18H12F3N3O/c19-18(20,21)13-5-7-14(8-6-13)24-17(25)12-4-9-16(23-11-12)15-3-1-2-10-22-15/h1-11H,(H,24,25). The summed E-state index contributed by atoms with van der Waals surface area (Å²) in [5, 5.41) is 2.53. The van der Waals surface area contributed by atoms with Gasteiger partial charge in [0, 0.05) is 18.1 Å². The second-order valence-corrected chi connectivity index (χ2v) is 5.18. The molecule has 0 spiro atoms. The van der Waals surface area contributed by atoms with Crippen LogP contribution >= 0.6 is 0 Å². The van der Waals surface area contributed by atoms with Crippen LogP contribution in [-0.4, -0.2) is 15.9 Å². The largest absolute Gasteiger partial charge is 0.416 e. The Balaban J connectivity index is 1.71. The maximum atomic E-state index is 12.5. The van der Waals surface area contributed by atoms with E-state index in [0.29, 0.717) is 17.0 Å². The van der Waals surface area contributed by atoms with Crippen LogP contribution in [0.1, 0.15) is 15.9 Å². The van der Waals surface area contributed by atoms with Gasteiger partial charge in [-0.1, -0.05) is 6.07 Å². The van der Waals surface area contributed by atoms with E-state index >= 15 is 0 Å². The molecule has 2 aromatic heterocycles. The van der Waals surface area contributed by atoms with Gasteiger partial charge in [0.2, 0.25) is 0 Å². The molecule has 3 aromatic rings. The smallest absolute Gasteiger partial charge is 0.322 e. The van der Waals surface area contributed by atoms with Crippen molar-refractivity contribution >= 4 is 11.6 Å². The number of pyridine rings is 2. The molecule has 0 aliphatic carbocycles. The Bertz CT molecular complexity index is 861. The summed E-state index contributed by atoms with van der Waals surface area (Å²) in [5.74, 6) is -0.458. The summed E-state index contributed by atoms with van der Waals surface area (Å²) in [5.41, 5.74) is 1.09. The minimum absolute atomic E-state index is 0.270. The van der Waals surface area contributed by atoms with Crippen molar-refractivity contribution in [3.63, 3.8) is 0 Å². The third-order valence-corrected chi connectivity index (χ3v) is 3.42. The molecular formula is C18H12F3N3O. The monoisotopic (exact) mass is 343 g/mol. The quantitative estimate of drug-likeness (QED) is 0.766. The lowest BCUT2D eigenvalue weighted by Gasteiger charge is -2.09. The van der Waals surface area contributed by atoms with E-state index in [1.807, 2.05) is 6.07 Å².